The van der Waals surface area contributed by atoms with E-state index in [9.17, 15) is 4.79 Å². The Morgan fingerprint density at radius 1 is 1.56 bits per heavy atom. The second-order valence-corrected chi connectivity index (χ2v) is 5.08. The van der Waals surface area contributed by atoms with Crippen LogP contribution in [-0.4, -0.2) is 50.1 Å². The van der Waals surface area contributed by atoms with Gasteiger partial charge in [-0.3, -0.25) is 4.79 Å². The Kier molecular flexibility index (Phi) is 5.77. The van der Waals surface area contributed by atoms with Crippen LogP contribution in [0.5, 0.6) is 0 Å². The normalized spacial score (nSPS) is 22.4. The summed E-state index contributed by atoms with van der Waals surface area (Å²) in [4.78, 5) is 13.9. The Hall–Kier alpha value is -0.610. The third-order valence-electron chi connectivity index (χ3n) is 3.11. The first-order valence-corrected chi connectivity index (χ1v) is 6.27. The molecule has 1 fully saturated rings. The van der Waals surface area contributed by atoms with E-state index in [1.807, 2.05) is 0 Å². The van der Waals surface area contributed by atoms with Crippen molar-refractivity contribution in [1.29, 1.82) is 0 Å². The van der Waals surface area contributed by atoms with Crippen molar-refractivity contribution < 1.29 is 4.79 Å². The highest BCUT2D eigenvalue weighted by Gasteiger charge is 2.20. The molecule has 1 aliphatic heterocycles. The lowest BCUT2D eigenvalue weighted by Crippen LogP contribution is -2.51. The Bertz CT molecular complexity index is 218. The fourth-order valence-electron chi connectivity index (χ4n) is 1.88. The fourth-order valence-corrected chi connectivity index (χ4v) is 1.88. The van der Waals surface area contributed by atoms with Gasteiger partial charge in [0, 0.05) is 38.6 Å². The van der Waals surface area contributed by atoms with Crippen LogP contribution in [0.1, 0.15) is 26.7 Å². The summed E-state index contributed by atoms with van der Waals surface area (Å²) in [5, 5.41) is 6.31. The molecule has 1 saturated heterocycles. The standard InChI is InChI=1S/C12H25N3O/c1-10(2)4-5-14-12(16)8-11-9-13-6-7-15(11)3/h10-11,13H,4-9H2,1-3H3,(H,14,16). The molecule has 16 heavy (non-hydrogen) atoms. The molecule has 0 aromatic heterocycles. The third kappa shape index (κ3) is 4.94. The van der Waals surface area contributed by atoms with Gasteiger partial charge in [-0.1, -0.05) is 13.8 Å². The van der Waals surface area contributed by atoms with Gasteiger partial charge in [0.05, 0.1) is 0 Å². The van der Waals surface area contributed by atoms with Gasteiger partial charge >= 0.3 is 0 Å². The first-order chi connectivity index (χ1) is 7.59. The van der Waals surface area contributed by atoms with Gasteiger partial charge in [-0.2, -0.15) is 0 Å². The second-order valence-electron chi connectivity index (χ2n) is 5.08. The largest absolute Gasteiger partial charge is 0.356 e. The van der Waals surface area contributed by atoms with E-state index in [0.29, 0.717) is 18.4 Å². The molecule has 1 atom stereocenters. The monoisotopic (exact) mass is 227 g/mol. The highest BCUT2D eigenvalue weighted by atomic mass is 16.1. The number of rotatable bonds is 5. The first-order valence-electron chi connectivity index (χ1n) is 6.27. The molecule has 0 aromatic carbocycles. The maximum Gasteiger partial charge on any atom is 0.221 e. The van der Waals surface area contributed by atoms with Crippen molar-refractivity contribution in [2.24, 2.45) is 5.92 Å². The van der Waals surface area contributed by atoms with Crippen LogP contribution in [0.2, 0.25) is 0 Å². The topological polar surface area (TPSA) is 44.4 Å². The molecule has 1 rings (SSSR count). The summed E-state index contributed by atoms with van der Waals surface area (Å²) in [7, 11) is 2.09. The second kappa shape index (κ2) is 6.86. The summed E-state index contributed by atoms with van der Waals surface area (Å²) in [6.45, 7) is 8.14. The molecule has 94 valence electrons. The van der Waals surface area contributed by atoms with Crippen LogP contribution >= 0.6 is 0 Å². The molecule has 1 aliphatic rings. The molecule has 2 N–H and O–H groups in total. The zero-order valence-corrected chi connectivity index (χ0v) is 10.8. The van der Waals surface area contributed by atoms with E-state index >= 15 is 0 Å². The molecular formula is C12H25N3O. The quantitative estimate of drug-likeness (QED) is 0.716. The predicted molar refractivity (Wildman–Crippen MR) is 66.4 cm³/mol. The lowest BCUT2D eigenvalue weighted by molar-refractivity contribution is -0.122. The molecule has 0 aromatic rings. The van der Waals surface area contributed by atoms with Crippen molar-refractivity contribution >= 4 is 5.91 Å². The molecule has 1 heterocycles. The van der Waals surface area contributed by atoms with Crippen LogP contribution in [0.25, 0.3) is 0 Å². The minimum atomic E-state index is 0.182. The van der Waals surface area contributed by atoms with Crippen molar-refractivity contribution in [2.75, 3.05) is 33.2 Å². The molecular weight excluding hydrogens is 202 g/mol. The zero-order chi connectivity index (χ0) is 12.0. The van der Waals surface area contributed by atoms with Gasteiger partial charge in [0.2, 0.25) is 5.91 Å². The molecule has 1 amide bonds. The summed E-state index contributed by atoms with van der Waals surface area (Å²) >= 11 is 0. The van der Waals surface area contributed by atoms with Crippen molar-refractivity contribution in [3.8, 4) is 0 Å². The number of carbonyl (C=O) groups excluding carboxylic acids is 1. The summed E-state index contributed by atoms with van der Waals surface area (Å²) in [6, 6.07) is 0.354. The van der Waals surface area contributed by atoms with Gasteiger partial charge < -0.3 is 15.5 Å². The van der Waals surface area contributed by atoms with Gasteiger partial charge in [0.1, 0.15) is 0 Å². The summed E-state index contributed by atoms with van der Waals surface area (Å²) in [5.41, 5.74) is 0. The van der Waals surface area contributed by atoms with Gasteiger partial charge in [-0.25, -0.2) is 0 Å². The molecule has 4 heteroatoms. The van der Waals surface area contributed by atoms with Crippen molar-refractivity contribution in [1.82, 2.24) is 15.5 Å². The average molecular weight is 227 g/mol. The number of nitrogens with zero attached hydrogens (tertiary/aromatic N) is 1. The number of hydrogen-bond acceptors (Lipinski definition) is 3. The zero-order valence-electron chi connectivity index (χ0n) is 10.8. The van der Waals surface area contributed by atoms with Gasteiger partial charge in [-0.05, 0) is 19.4 Å². The Labute approximate surface area is 98.8 Å². The van der Waals surface area contributed by atoms with E-state index in [1.165, 1.54) is 0 Å². The van der Waals surface area contributed by atoms with Crippen LogP contribution in [0, 0.1) is 5.92 Å². The summed E-state index contributed by atoms with van der Waals surface area (Å²) in [6.07, 6.45) is 1.67. The Morgan fingerprint density at radius 3 is 2.94 bits per heavy atom. The van der Waals surface area contributed by atoms with Crippen molar-refractivity contribution in [2.45, 2.75) is 32.7 Å². The van der Waals surface area contributed by atoms with Gasteiger partial charge in [0.25, 0.3) is 0 Å². The maximum atomic E-state index is 11.7. The molecule has 0 spiro atoms. The smallest absolute Gasteiger partial charge is 0.221 e. The number of hydrogen-bond donors (Lipinski definition) is 2. The molecule has 0 bridgehead atoms. The molecule has 0 radical (unpaired) electrons. The molecule has 4 nitrogen and oxygen atoms in total. The average Bonchev–Trinajstić information content (AvgIpc) is 2.21. The minimum Gasteiger partial charge on any atom is -0.356 e. The molecule has 0 aliphatic carbocycles. The third-order valence-corrected chi connectivity index (χ3v) is 3.11. The van der Waals surface area contributed by atoms with Crippen LogP contribution in [-0.2, 0) is 4.79 Å². The van der Waals surface area contributed by atoms with E-state index < -0.39 is 0 Å². The van der Waals surface area contributed by atoms with Crippen molar-refractivity contribution in [3.63, 3.8) is 0 Å². The van der Waals surface area contributed by atoms with E-state index in [-0.39, 0.29) is 5.91 Å². The fraction of sp³-hybridized carbons (Fsp3) is 0.917. The van der Waals surface area contributed by atoms with Crippen molar-refractivity contribution in [3.05, 3.63) is 0 Å². The lowest BCUT2D eigenvalue weighted by Gasteiger charge is -2.32. The van der Waals surface area contributed by atoms with Crippen LogP contribution in [0.15, 0.2) is 0 Å². The van der Waals surface area contributed by atoms with E-state index in [1.54, 1.807) is 0 Å². The number of amides is 1. The number of likely N-dealkylation sites (N-methyl/N-ethyl adjacent to an activating group) is 1. The van der Waals surface area contributed by atoms with Crippen LogP contribution in [0.4, 0.5) is 0 Å². The number of piperazine rings is 1. The maximum absolute atomic E-state index is 11.7. The Balaban J connectivity index is 2.17. The van der Waals surface area contributed by atoms with E-state index in [4.69, 9.17) is 0 Å². The number of nitrogens with one attached hydrogen (secondary N) is 2. The highest BCUT2D eigenvalue weighted by Crippen LogP contribution is 2.04. The van der Waals surface area contributed by atoms with E-state index in [2.05, 4.69) is 36.4 Å². The summed E-state index contributed by atoms with van der Waals surface area (Å²) in [5.74, 6) is 0.834. The molecule has 1 unspecified atom stereocenters. The SMILES string of the molecule is CC(C)CCNC(=O)CC1CNCCN1C. The first kappa shape index (κ1) is 13.5. The highest BCUT2D eigenvalue weighted by molar-refractivity contribution is 5.76. The van der Waals surface area contributed by atoms with Crippen LogP contribution in [0.3, 0.4) is 0 Å². The van der Waals surface area contributed by atoms with E-state index in [0.717, 1.165) is 32.6 Å². The number of carbonyl (C=O) groups is 1. The minimum absolute atomic E-state index is 0.182. The van der Waals surface area contributed by atoms with Gasteiger partial charge in [0.15, 0.2) is 0 Å². The molecule has 0 saturated carbocycles. The lowest BCUT2D eigenvalue weighted by atomic mass is 10.1. The Morgan fingerprint density at radius 2 is 2.31 bits per heavy atom. The van der Waals surface area contributed by atoms with Crippen LogP contribution < -0.4 is 10.6 Å². The van der Waals surface area contributed by atoms with Gasteiger partial charge in [-0.15, -0.1) is 0 Å². The predicted octanol–water partition coefficient (Wildman–Crippen LogP) is 0.442. The summed E-state index contributed by atoms with van der Waals surface area (Å²) < 4.78 is 0.